The van der Waals surface area contributed by atoms with Crippen LogP contribution in [0.5, 0.6) is 0 Å². The monoisotopic (exact) mass is 646 g/mol. The highest BCUT2D eigenvalue weighted by molar-refractivity contribution is 5.95. The number of carbonyl (C=O) groups excluding carboxylic acids is 1. The molecule has 0 unspecified atom stereocenters. The number of carbonyl (C=O) groups is 3. The Bertz CT molecular complexity index is 1340. The van der Waals surface area contributed by atoms with Crippen LogP contribution in [-0.4, -0.2) is 80.1 Å². The van der Waals surface area contributed by atoms with Crippen LogP contribution >= 0.6 is 0 Å². The molecule has 1 heterocycles. The quantitative estimate of drug-likeness (QED) is 0.277. The Labute approximate surface area is 271 Å². The molecule has 10 heteroatoms. The van der Waals surface area contributed by atoms with Crippen LogP contribution in [0, 0.1) is 50.2 Å². The smallest absolute Gasteiger partial charge is 0.335 e. The Balaban J connectivity index is 1.31. The molecular weight excluding hydrogens is 592 g/mol. The molecule has 5 N–H and O–H groups in total. The van der Waals surface area contributed by atoms with Crippen molar-refractivity contribution < 1.29 is 49.4 Å². The Hall–Kier alpha value is -1.85. The number of aliphatic hydroxyl groups is 3. The summed E-state index contributed by atoms with van der Waals surface area (Å²) in [5.41, 5.74) is -1.03. The molecule has 10 nitrogen and oxygen atoms in total. The van der Waals surface area contributed by atoms with E-state index in [1.165, 1.54) is 5.57 Å². The van der Waals surface area contributed by atoms with E-state index in [9.17, 15) is 39.9 Å². The van der Waals surface area contributed by atoms with Crippen molar-refractivity contribution in [2.45, 2.75) is 143 Å². The number of fused-ring (bicyclic) bond motifs is 7. The van der Waals surface area contributed by atoms with Crippen LogP contribution < -0.4 is 0 Å². The van der Waals surface area contributed by atoms with Gasteiger partial charge in [-0.25, -0.2) is 4.79 Å². The molecule has 0 aromatic carbocycles. The summed E-state index contributed by atoms with van der Waals surface area (Å²) in [6.45, 7) is 15.3. The number of hydrogen-bond donors (Lipinski definition) is 5. The summed E-state index contributed by atoms with van der Waals surface area (Å²) in [7, 11) is 0. The predicted octanol–water partition coefficient (Wildman–Crippen LogP) is 4.33. The zero-order valence-electron chi connectivity index (χ0n) is 28.4. The third-order valence-electron chi connectivity index (χ3n) is 15.1. The van der Waals surface area contributed by atoms with E-state index in [1.807, 2.05) is 13.0 Å². The standard InChI is InChI=1S/C36H54O10/c1-31(2)21-8-11-36(7)27(34(21,5)10-9-22(31)45-29-25(40)23(38)24(39)26(46-29)28(41)42)20(37)16-18-19-17-33(4,30(43)44)13-12-32(19,3)14-15-35(18,36)6/h16,19,21-27,29,38-40H,8-15,17H2,1-7H3,(H,41,42)(H,43,44)/t19-,21-,22-,23-,24-,25+,26-,27+,29+,32+,33-,34-,35+,36+/m1/s1. The molecule has 0 spiro atoms. The van der Waals surface area contributed by atoms with Gasteiger partial charge < -0.3 is 35.0 Å². The molecule has 0 aromatic heterocycles. The van der Waals surface area contributed by atoms with E-state index in [4.69, 9.17) is 9.47 Å². The fourth-order valence-corrected chi connectivity index (χ4v) is 11.9. The number of allylic oxidation sites excluding steroid dienone is 2. The third kappa shape index (κ3) is 4.49. The second-order valence-corrected chi connectivity index (χ2v) is 17.8. The Morgan fingerprint density at radius 2 is 1.50 bits per heavy atom. The summed E-state index contributed by atoms with van der Waals surface area (Å²) in [6.07, 6.45) is 0.183. The molecule has 1 saturated heterocycles. The second kappa shape index (κ2) is 10.6. The van der Waals surface area contributed by atoms with Gasteiger partial charge in [-0.1, -0.05) is 47.1 Å². The molecule has 0 aromatic rings. The SMILES string of the molecule is CC1(C)[C@H]2CC[C@@]3(C)[C@@H](C(=O)C=C4[C@H]5C[C@](C)(C(=O)O)CC[C@@]5(C)CC[C@@]43C)[C@]2(C)CC[C@H]1O[C@H]1O[C@@H](C(=O)O)[C@H](O)[C@@H](O)[C@@H]1O. The van der Waals surface area contributed by atoms with Crippen LogP contribution in [-0.2, 0) is 23.9 Å². The zero-order valence-corrected chi connectivity index (χ0v) is 28.4. The third-order valence-corrected chi connectivity index (χ3v) is 15.1. The first kappa shape index (κ1) is 34.0. The van der Waals surface area contributed by atoms with Crippen molar-refractivity contribution in [3.05, 3.63) is 11.6 Å². The van der Waals surface area contributed by atoms with Crippen LogP contribution in [0.3, 0.4) is 0 Å². The number of rotatable bonds is 4. The van der Waals surface area contributed by atoms with Crippen molar-refractivity contribution in [2.24, 2.45) is 50.2 Å². The fraction of sp³-hybridized carbons (Fsp3) is 0.861. The Morgan fingerprint density at radius 1 is 0.848 bits per heavy atom. The molecule has 0 amide bonds. The van der Waals surface area contributed by atoms with Crippen molar-refractivity contribution in [3.8, 4) is 0 Å². The lowest BCUT2D eigenvalue weighted by atomic mass is 9.33. The minimum Gasteiger partial charge on any atom is -0.481 e. The number of aliphatic hydroxyl groups excluding tert-OH is 3. The summed E-state index contributed by atoms with van der Waals surface area (Å²) in [4.78, 5) is 38.7. The average molecular weight is 647 g/mol. The van der Waals surface area contributed by atoms with E-state index in [2.05, 4.69) is 41.5 Å². The predicted molar refractivity (Wildman–Crippen MR) is 166 cm³/mol. The lowest BCUT2D eigenvalue weighted by Gasteiger charge is -2.70. The van der Waals surface area contributed by atoms with Crippen molar-refractivity contribution >= 4 is 17.7 Å². The number of carboxylic acid groups (broad SMARTS) is 2. The van der Waals surface area contributed by atoms with Gasteiger partial charge in [0, 0.05) is 5.92 Å². The minimum atomic E-state index is -1.79. The van der Waals surface area contributed by atoms with Gasteiger partial charge >= 0.3 is 11.9 Å². The van der Waals surface area contributed by atoms with Crippen molar-refractivity contribution in [2.75, 3.05) is 0 Å². The molecule has 258 valence electrons. The summed E-state index contributed by atoms with van der Waals surface area (Å²) in [5, 5.41) is 50.9. The maximum atomic E-state index is 14.6. The van der Waals surface area contributed by atoms with Gasteiger partial charge in [0.05, 0.1) is 11.5 Å². The van der Waals surface area contributed by atoms with Gasteiger partial charge in [0.1, 0.15) is 18.3 Å². The Kier molecular flexibility index (Phi) is 7.82. The molecule has 0 radical (unpaired) electrons. The highest BCUT2D eigenvalue weighted by atomic mass is 16.7. The molecule has 5 aliphatic carbocycles. The molecule has 4 saturated carbocycles. The maximum Gasteiger partial charge on any atom is 0.335 e. The van der Waals surface area contributed by atoms with E-state index in [0.29, 0.717) is 25.7 Å². The summed E-state index contributed by atoms with van der Waals surface area (Å²) >= 11 is 0. The van der Waals surface area contributed by atoms with E-state index in [1.54, 1.807) is 0 Å². The van der Waals surface area contributed by atoms with Gasteiger partial charge in [-0.3, -0.25) is 9.59 Å². The molecule has 1 aliphatic heterocycles. The largest absolute Gasteiger partial charge is 0.481 e. The average Bonchev–Trinajstić information content (AvgIpc) is 2.96. The highest BCUT2D eigenvalue weighted by Crippen LogP contribution is 2.75. The molecule has 46 heavy (non-hydrogen) atoms. The first-order valence-corrected chi connectivity index (χ1v) is 17.2. The Morgan fingerprint density at radius 3 is 2.13 bits per heavy atom. The lowest BCUT2D eigenvalue weighted by Crippen LogP contribution is -2.67. The van der Waals surface area contributed by atoms with E-state index in [-0.39, 0.29) is 45.2 Å². The maximum absolute atomic E-state index is 14.6. The van der Waals surface area contributed by atoms with Crippen molar-refractivity contribution in [3.63, 3.8) is 0 Å². The van der Waals surface area contributed by atoms with Gasteiger partial charge in [0.2, 0.25) is 0 Å². The number of ether oxygens (including phenoxy) is 2. The number of hydrogen-bond acceptors (Lipinski definition) is 8. The number of aliphatic carboxylic acids is 2. The summed E-state index contributed by atoms with van der Waals surface area (Å²) in [6, 6.07) is 0. The molecule has 6 rings (SSSR count). The van der Waals surface area contributed by atoms with Gasteiger partial charge in [-0.05, 0) is 110 Å². The lowest BCUT2D eigenvalue weighted by molar-refractivity contribution is -0.323. The number of ketones is 1. The minimum absolute atomic E-state index is 0.0166. The van der Waals surface area contributed by atoms with Gasteiger partial charge in [-0.2, -0.15) is 0 Å². The fourth-order valence-electron chi connectivity index (χ4n) is 11.9. The van der Waals surface area contributed by atoms with Crippen molar-refractivity contribution in [1.82, 2.24) is 0 Å². The van der Waals surface area contributed by atoms with Gasteiger partial charge in [0.15, 0.2) is 18.2 Å². The molecule has 6 aliphatic rings. The molecule has 14 atom stereocenters. The van der Waals surface area contributed by atoms with Crippen LogP contribution in [0.2, 0.25) is 0 Å². The van der Waals surface area contributed by atoms with Crippen LogP contribution in [0.15, 0.2) is 11.6 Å². The first-order chi connectivity index (χ1) is 21.2. The van der Waals surface area contributed by atoms with Gasteiger partial charge in [-0.15, -0.1) is 0 Å². The highest BCUT2D eigenvalue weighted by Gasteiger charge is 2.70. The van der Waals surface area contributed by atoms with E-state index >= 15 is 0 Å². The normalized spacial score (nSPS) is 53.1. The molecular formula is C36H54O10. The van der Waals surface area contributed by atoms with Crippen molar-refractivity contribution in [1.29, 1.82) is 0 Å². The van der Waals surface area contributed by atoms with E-state index < -0.39 is 59.6 Å². The van der Waals surface area contributed by atoms with Crippen LogP contribution in [0.4, 0.5) is 0 Å². The topological polar surface area (TPSA) is 171 Å². The summed E-state index contributed by atoms with van der Waals surface area (Å²) in [5.74, 6) is -2.15. The van der Waals surface area contributed by atoms with Gasteiger partial charge in [0.25, 0.3) is 0 Å². The second-order valence-electron chi connectivity index (χ2n) is 17.8. The van der Waals surface area contributed by atoms with Crippen LogP contribution in [0.1, 0.15) is 106 Å². The van der Waals surface area contributed by atoms with Crippen LogP contribution in [0.25, 0.3) is 0 Å². The first-order valence-electron chi connectivity index (χ1n) is 17.2. The van der Waals surface area contributed by atoms with E-state index in [0.717, 1.165) is 32.1 Å². The molecule has 5 fully saturated rings. The molecule has 0 bridgehead atoms. The summed E-state index contributed by atoms with van der Waals surface area (Å²) < 4.78 is 11.8. The zero-order chi connectivity index (χ0) is 34.0. The number of carboxylic acids is 2.